The number of ether oxygens (including phenoxy) is 8. The third kappa shape index (κ3) is 54.1. The third-order valence-corrected chi connectivity index (χ3v) is 19.6. The molecule has 5 aliphatic carbocycles. The normalized spacial score (nSPS) is 21.1. The topological polar surface area (TPSA) is 94.1 Å². The summed E-state index contributed by atoms with van der Waals surface area (Å²) < 4.78 is 47.3. The quantitative estimate of drug-likeness (QED) is 0.117. The van der Waals surface area contributed by atoms with Gasteiger partial charge in [-0.25, -0.2) is 0 Å². The lowest BCUT2D eigenvalue weighted by Gasteiger charge is -2.40. The standard InChI is InChI=1S/2C17H20O.C14H28O.2C11H22O.2C10H20O.C9H20O.CH4O/c1-17(2,3)18-13-15-11-7-8-12-16(15)14-9-5-4-6-10-14;1-17(2,3)18-13-14-9-11-16(12-10-14)15-7-5-4-6-8-15;1-10(2)12-9-11(3)7-8-13(12)15-14(4,5)6;1-9-7-5-6-8-10(9)12-11(2,3)4;1-11(2,3)12-10-8-6-4-5-7-9-10;1-8-6-5-7-9(8)11-10(2,3)4;1-10(2,3)11-9-7-5-4-6-8-9;1-6-8(7-2)10-9(3,4)5;1-2/h2*4-12H,13H2,1-3H3;10-13H,7-9H2,1-6H3;9-10H,5-8H2,1-4H3;10H,4-9H2,1-3H3;8-9H,5-7H2,1-4H3;9H,4-8H2,1-3H3;8H,6-7H2,1-5H3;2H,1H3. The second kappa shape index (κ2) is 52.2. The second-order valence-electron chi connectivity index (χ2n) is 40.2. The molecule has 0 amide bonds. The molecule has 7 unspecified atom stereocenters. The Morgan fingerprint density at radius 2 is 0.697 bits per heavy atom. The van der Waals surface area contributed by atoms with Gasteiger partial charge in [0.05, 0.1) is 94.6 Å². The lowest BCUT2D eigenvalue weighted by molar-refractivity contribution is -0.112. The van der Waals surface area contributed by atoms with E-state index < -0.39 is 0 Å². The van der Waals surface area contributed by atoms with Crippen LogP contribution < -0.4 is 0 Å². The molecule has 109 heavy (non-hydrogen) atoms. The number of rotatable bonds is 15. The summed E-state index contributed by atoms with van der Waals surface area (Å²) in [5.74, 6) is 3.93. The van der Waals surface area contributed by atoms with Crippen molar-refractivity contribution in [2.75, 3.05) is 7.11 Å². The van der Waals surface area contributed by atoms with Gasteiger partial charge in [-0.1, -0.05) is 222 Å². The fourth-order valence-electron chi connectivity index (χ4n) is 14.4. The summed E-state index contributed by atoms with van der Waals surface area (Å²) in [6.45, 7) is 68.3. The molecular formula is C100H176O9. The first kappa shape index (κ1) is 104. The van der Waals surface area contributed by atoms with Crippen LogP contribution in [0.4, 0.5) is 0 Å². The second-order valence-corrected chi connectivity index (χ2v) is 40.2. The molecule has 7 atom stereocenters. The van der Waals surface area contributed by atoms with Crippen molar-refractivity contribution in [1.29, 1.82) is 0 Å². The molecule has 4 aromatic rings. The molecule has 1 N–H and O–H groups in total. The van der Waals surface area contributed by atoms with Crippen LogP contribution in [-0.4, -0.2) is 93.6 Å². The number of hydrogen-bond acceptors (Lipinski definition) is 9. The minimum atomic E-state index is -0.107. The van der Waals surface area contributed by atoms with E-state index in [1.807, 2.05) is 12.1 Å². The van der Waals surface area contributed by atoms with Gasteiger partial charge in [0, 0.05) is 7.11 Å². The smallest absolute Gasteiger partial charge is 0.0730 e. The lowest BCUT2D eigenvalue weighted by Crippen LogP contribution is -2.39. The van der Waals surface area contributed by atoms with Crippen LogP contribution in [0.3, 0.4) is 0 Å². The van der Waals surface area contributed by atoms with E-state index in [9.17, 15) is 0 Å². The minimum Gasteiger partial charge on any atom is -0.400 e. The molecule has 9 heteroatoms. The fourth-order valence-corrected chi connectivity index (χ4v) is 14.4. The van der Waals surface area contributed by atoms with Gasteiger partial charge >= 0.3 is 0 Å². The highest BCUT2D eigenvalue weighted by Crippen LogP contribution is 2.38. The molecule has 5 aliphatic rings. The molecule has 630 valence electrons. The van der Waals surface area contributed by atoms with E-state index in [1.54, 1.807) is 0 Å². The van der Waals surface area contributed by atoms with Gasteiger partial charge in [-0.05, 0) is 313 Å². The maximum absolute atomic E-state index is 7.00. The van der Waals surface area contributed by atoms with Crippen molar-refractivity contribution in [3.63, 3.8) is 0 Å². The molecule has 9 rings (SSSR count). The van der Waals surface area contributed by atoms with Crippen LogP contribution in [0.15, 0.2) is 109 Å². The largest absolute Gasteiger partial charge is 0.400 e. The maximum Gasteiger partial charge on any atom is 0.0730 e. The molecule has 9 nitrogen and oxygen atoms in total. The summed E-state index contributed by atoms with van der Waals surface area (Å²) in [4.78, 5) is 0. The minimum absolute atomic E-state index is 0.0123. The predicted octanol–water partition coefficient (Wildman–Crippen LogP) is 29.2. The fraction of sp³-hybridized carbons (Fsp3) is 0.760. The van der Waals surface area contributed by atoms with Gasteiger partial charge in [0.15, 0.2) is 0 Å². The Bertz CT molecular complexity index is 2810. The first-order valence-electron chi connectivity index (χ1n) is 43.6. The van der Waals surface area contributed by atoms with Gasteiger partial charge in [0.2, 0.25) is 0 Å². The highest BCUT2D eigenvalue weighted by Gasteiger charge is 2.34. The van der Waals surface area contributed by atoms with Crippen molar-refractivity contribution in [2.24, 2.45) is 29.6 Å². The summed E-state index contributed by atoms with van der Waals surface area (Å²) in [5.41, 5.74) is 7.47. The first-order valence-corrected chi connectivity index (χ1v) is 43.6. The van der Waals surface area contributed by atoms with E-state index in [0.717, 1.165) is 49.5 Å². The van der Waals surface area contributed by atoms with Gasteiger partial charge in [-0.2, -0.15) is 0 Å². The summed E-state index contributed by atoms with van der Waals surface area (Å²) >= 11 is 0. The Morgan fingerprint density at radius 3 is 1.07 bits per heavy atom. The number of aliphatic hydroxyl groups excluding tert-OH is 1. The Morgan fingerprint density at radius 1 is 0.339 bits per heavy atom. The molecule has 4 aromatic carbocycles. The number of hydrogen-bond donors (Lipinski definition) is 1. The number of aliphatic hydroxyl groups is 1. The van der Waals surface area contributed by atoms with Crippen LogP contribution in [-0.2, 0) is 51.1 Å². The van der Waals surface area contributed by atoms with Gasteiger partial charge in [-0.3, -0.25) is 0 Å². The van der Waals surface area contributed by atoms with Gasteiger partial charge in [0.25, 0.3) is 0 Å². The van der Waals surface area contributed by atoms with Crippen molar-refractivity contribution < 1.29 is 43.0 Å². The highest BCUT2D eigenvalue weighted by atomic mass is 16.5. The molecule has 0 saturated heterocycles. The van der Waals surface area contributed by atoms with E-state index in [4.69, 9.17) is 43.0 Å². The molecule has 0 spiro atoms. The third-order valence-electron chi connectivity index (χ3n) is 19.6. The average molecular weight is 1520 g/mol. The molecule has 5 fully saturated rings. The zero-order valence-corrected chi connectivity index (χ0v) is 77.1. The molecular weight excluding hydrogens is 1350 g/mol. The van der Waals surface area contributed by atoms with E-state index in [1.165, 1.54) is 168 Å². The van der Waals surface area contributed by atoms with Crippen LogP contribution in [0.25, 0.3) is 22.3 Å². The van der Waals surface area contributed by atoms with Crippen molar-refractivity contribution >= 4 is 0 Å². The maximum atomic E-state index is 7.00. The lowest BCUT2D eigenvalue weighted by atomic mass is 9.75. The Kier molecular flexibility index (Phi) is 49.6. The zero-order valence-electron chi connectivity index (χ0n) is 77.1. The Labute approximate surface area is 675 Å². The SMILES string of the molecule is CC(C)(C)OC1CCCCC1.CC(C)(C)OC1CCCCCC1.CC(C)(C)OCc1ccc(-c2ccccc2)cc1.CC(C)(C)OCc1ccccc1-c1ccccc1.CC1CCC(OC(C)(C)C)C(C(C)C)C1.CC1CCCC1OC(C)(C)C.CC1CCCCC1OC(C)(C)C.CCC(CC)OC(C)(C)C.CO. The van der Waals surface area contributed by atoms with Crippen molar-refractivity contribution in [3.8, 4) is 22.3 Å². The molecule has 0 heterocycles. The van der Waals surface area contributed by atoms with Gasteiger partial charge in [-0.15, -0.1) is 0 Å². The summed E-state index contributed by atoms with van der Waals surface area (Å²) in [6.07, 6.45) is 33.3. The summed E-state index contributed by atoms with van der Waals surface area (Å²) in [5, 5.41) is 7.00. The molecule has 0 aliphatic heterocycles. The monoisotopic (exact) mass is 1520 g/mol. The van der Waals surface area contributed by atoms with Crippen molar-refractivity contribution in [1.82, 2.24) is 0 Å². The van der Waals surface area contributed by atoms with E-state index in [0.29, 0.717) is 49.8 Å². The average Bonchev–Trinajstić information content (AvgIpc) is 1.61. The van der Waals surface area contributed by atoms with E-state index >= 15 is 0 Å². The summed E-state index contributed by atoms with van der Waals surface area (Å²) in [7, 11) is 1.00. The predicted molar refractivity (Wildman–Crippen MR) is 472 cm³/mol. The first-order chi connectivity index (χ1) is 50.5. The molecule has 0 aromatic heterocycles. The van der Waals surface area contributed by atoms with Crippen LogP contribution >= 0.6 is 0 Å². The van der Waals surface area contributed by atoms with E-state index in [2.05, 4.69) is 312 Å². The van der Waals surface area contributed by atoms with Crippen LogP contribution in [0.1, 0.15) is 373 Å². The van der Waals surface area contributed by atoms with E-state index in [-0.39, 0.29) is 44.8 Å². The molecule has 0 bridgehead atoms. The Hall–Kier alpha value is -3.48. The van der Waals surface area contributed by atoms with Gasteiger partial charge < -0.3 is 43.0 Å². The number of benzene rings is 4. The highest BCUT2D eigenvalue weighted by molar-refractivity contribution is 5.67. The zero-order chi connectivity index (χ0) is 82.9. The summed E-state index contributed by atoms with van der Waals surface area (Å²) in [6, 6.07) is 37.8. The van der Waals surface area contributed by atoms with Crippen molar-refractivity contribution in [3.05, 3.63) is 120 Å². The van der Waals surface area contributed by atoms with Crippen LogP contribution in [0.5, 0.6) is 0 Å². The van der Waals surface area contributed by atoms with Crippen LogP contribution in [0.2, 0.25) is 0 Å². The van der Waals surface area contributed by atoms with Crippen LogP contribution in [0, 0.1) is 29.6 Å². The van der Waals surface area contributed by atoms with Crippen molar-refractivity contribution in [2.45, 2.75) is 457 Å². The molecule has 0 radical (unpaired) electrons. The van der Waals surface area contributed by atoms with Gasteiger partial charge in [0.1, 0.15) is 0 Å². The Balaban J connectivity index is 0.000000626. The molecule has 5 saturated carbocycles.